The molecule has 1 fully saturated rings. The maximum atomic E-state index is 12.7. The van der Waals surface area contributed by atoms with Crippen molar-refractivity contribution in [3.05, 3.63) is 27.1 Å². The van der Waals surface area contributed by atoms with E-state index < -0.39 is 0 Å². The van der Waals surface area contributed by atoms with E-state index in [9.17, 15) is 9.59 Å². The normalized spacial score (nSPS) is 16.1. The summed E-state index contributed by atoms with van der Waals surface area (Å²) in [6.07, 6.45) is 10.6. The third-order valence-electron chi connectivity index (χ3n) is 5.07. The van der Waals surface area contributed by atoms with E-state index >= 15 is 0 Å². The van der Waals surface area contributed by atoms with E-state index in [-0.39, 0.29) is 17.5 Å². The van der Waals surface area contributed by atoms with Crippen molar-refractivity contribution in [2.24, 2.45) is 0 Å². The fourth-order valence-corrected chi connectivity index (χ4v) is 4.58. The highest BCUT2D eigenvalue weighted by Crippen LogP contribution is 2.27. The highest BCUT2D eigenvalue weighted by Gasteiger charge is 2.22. The van der Waals surface area contributed by atoms with Gasteiger partial charge in [-0.05, 0) is 31.7 Å². The number of carbonyl (C=O) groups is 1. The first kappa shape index (κ1) is 18.1. The molecule has 136 valence electrons. The van der Waals surface area contributed by atoms with Crippen LogP contribution in [0, 0.1) is 6.92 Å². The average molecular weight is 362 g/mol. The second kappa shape index (κ2) is 8.13. The fourth-order valence-electron chi connectivity index (χ4n) is 3.54. The van der Waals surface area contributed by atoms with Crippen molar-refractivity contribution < 1.29 is 4.79 Å². The van der Waals surface area contributed by atoms with Crippen molar-refractivity contribution in [3.8, 4) is 0 Å². The molecule has 0 unspecified atom stereocenters. The van der Waals surface area contributed by atoms with Gasteiger partial charge in [-0.2, -0.15) is 0 Å². The Hall–Kier alpha value is -1.69. The van der Waals surface area contributed by atoms with Gasteiger partial charge in [-0.15, -0.1) is 11.3 Å². The molecule has 1 N–H and O–H groups in total. The molecule has 0 saturated heterocycles. The molecule has 0 atom stereocenters. The largest absolute Gasteiger partial charge is 0.349 e. The van der Waals surface area contributed by atoms with Gasteiger partial charge in [0.25, 0.3) is 11.5 Å². The zero-order chi connectivity index (χ0) is 17.8. The average Bonchev–Trinajstić information content (AvgIpc) is 2.77. The van der Waals surface area contributed by atoms with Crippen LogP contribution in [0.2, 0.25) is 0 Å². The summed E-state index contributed by atoms with van der Waals surface area (Å²) in [5.41, 5.74) is 0.746. The monoisotopic (exact) mass is 361 g/mol. The Labute approximate surface area is 152 Å². The van der Waals surface area contributed by atoms with Crippen molar-refractivity contribution in [3.63, 3.8) is 0 Å². The zero-order valence-corrected chi connectivity index (χ0v) is 16.0. The molecule has 0 bridgehead atoms. The van der Waals surface area contributed by atoms with Crippen molar-refractivity contribution in [2.45, 2.75) is 77.8 Å². The highest BCUT2D eigenvalue weighted by atomic mass is 32.1. The van der Waals surface area contributed by atoms with Gasteiger partial charge in [0.05, 0.1) is 16.6 Å². The van der Waals surface area contributed by atoms with Crippen LogP contribution in [0.15, 0.2) is 11.1 Å². The Morgan fingerprint density at radius 3 is 2.72 bits per heavy atom. The fraction of sp³-hybridized carbons (Fsp3) is 0.632. The smallest absolute Gasteiger partial charge is 0.262 e. The van der Waals surface area contributed by atoms with Crippen LogP contribution in [0.3, 0.4) is 0 Å². The maximum Gasteiger partial charge on any atom is 0.262 e. The maximum absolute atomic E-state index is 12.7. The molecule has 1 aliphatic rings. The molecule has 25 heavy (non-hydrogen) atoms. The predicted octanol–water partition coefficient (Wildman–Crippen LogP) is 4.02. The Morgan fingerprint density at radius 1 is 1.32 bits per heavy atom. The van der Waals surface area contributed by atoms with Crippen LogP contribution in [0.1, 0.15) is 73.5 Å². The first-order chi connectivity index (χ1) is 12.1. The van der Waals surface area contributed by atoms with Gasteiger partial charge in [-0.1, -0.05) is 39.0 Å². The molecule has 2 aromatic rings. The first-order valence-electron chi connectivity index (χ1n) is 9.41. The molecule has 1 aliphatic carbocycles. The third kappa shape index (κ3) is 3.94. The molecule has 3 rings (SSSR count). The SMILES string of the molecule is CCCCn1cnc2sc(C(=O)NC3CCCCCC3)c(C)c2c1=O. The number of amides is 1. The second-order valence-electron chi connectivity index (χ2n) is 6.99. The van der Waals surface area contributed by atoms with Crippen LogP contribution in [0.5, 0.6) is 0 Å². The quantitative estimate of drug-likeness (QED) is 0.818. The van der Waals surface area contributed by atoms with Gasteiger partial charge in [0.1, 0.15) is 4.83 Å². The summed E-state index contributed by atoms with van der Waals surface area (Å²) in [5.74, 6) is -0.0492. The lowest BCUT2D eigenvalue weighted by atomic mass is 10.1. The van der Waals surface area contributed by atoms with E-state index in [1.165, 1.54) is 37.0 Å². The summed E-state index contributed by atoms with van der Waals surface area (Å²) in [5, 5.41) is 3.79. The van der Waals surface area contributed by atoms with Gasteiger partial charge in [0, 0.05) is 12.6 Å². The summed E-state index contributed by atoms with van der Waals surface area (Å²) >= 11 is 1.34. The minimum absolute atomic E-state index is 0.0271. The van der Waals surface area contributed by atoms with Crippen LogP contribution >= 0.6 is 11.3 Å². The van der Waals surface area contributed by atoms with Gasteiger partial charge >= 0.3 is 0 Å². The minimum Gasteiger partial charge on any atom is -0.349 e. The van der Waals surface area contributed by atoms with Crippen LogP contribution in [-0.2, 0) is 6.54 Å². The second-order valence-corrected chi connectivity index (χ2v) is 7.99. The van der Waals surface area contributed by atoms with Crippen LogP contribution in [-0.4, -0.2) is 21.5 Å². The number of hydrogen-bond donors (Lipinski definition) is 1. The summed E-state index contributed by atoms with van der Waals surface area (Å²) in [6.45, 7) is 4.65. The van der Waals surface area contributed by atoms with E-state index in [0.717, 1.165) is 31.2 Å². The number of nitrogens with zero attached hydrogens (tertiary/aromatic N) is 2. The minimum atomic E-state index is -0.0492. The van der Waals surface area contributed by atoms with Crippen molar-refractivity contribution >= 4 is 27.5 Å². The molecule has 2 heterocycles. The lowest BCUT2D eigenvalue weighted by molar-refractivity contribution is 0.0937. The lowest BCUT2D eigenvalue weighted by Crippen LogP contribution is -2.34. The molecular formula is C19H27N3O2S. The Kier molecular flexibility index (Phi) is 5.89. The van der Waals surface area contributed by atoms with E-state index in [2.05, 4.69) is 17.2 Å². The van der Waals surface area contributed by atoms with Crippen molar-refractivity contribution in [2.75, 3.05) is 0 Å². The van der Waals surface area contributed by atoms with Gasteiger partial charge in [0.15, 0.2) is 0 Å². The summed E-state index contributed by atoms with van der Waals surface area (Å²) in [7, 11) is 0. The number of fused-ring (bicyclic) bond motifs is 1. The van der Waals surface area contributed by atoms with E-state index in [0.29, 0.717) is 21.6 Å². The molecule has 0 radical (unpaired) electrons. The summed E-state index contributed by atoms with van der Waals surface area (Å²) in [6, 6.07) is 0.258. The number of aromatic nitrogens is 2. The van der Waals surface area contributed by atoms with E-state index in [1.807, 2.05) is 6.92 Å². The van der Waals surface area contributed by atoms with Crippen LogP contribution in [0.4, 0.5) is 0 Å². The molecule has 0 aliphatic heterocycles. The zero-order valence-electron chi connectivity index (χ0n) is 15.1. The van der Waals surface area contributed by atoms with Crippen LogP contribution < -0.4 is 10.9 Å². The third-order valence-corrected chi connectivity index (χ3v) is 6.27. The number of carbonyl (C=O) groups excluding carboxylic acids is 1. The lowest BCUT2D eigenvalue weighted by Gasteiger charge is -2.15. The summed E-state index contributed by atoms with van der Waals surface area (Å²) < 4.78 is 1.67. The molecule has 6 heteroatoms. The molecule has 1 saturated carbocycles. The number of unbranched alkanes of at least 4 members (excludes halogenated alkanes) is 1. The molecule has 1 amide bonds. The molecule has 2 aromatic heterocycles. The Morgan fingerprint density at radius 2 is 2.04 bits per heavy atom. The Bertz CT molecular complexity index is 801. The number of thiophene rings is 1. The van der Waals surface area contributed by atoms with Crippen LogP contribution in [0.25, 0.3) is 10.2 Å². The molecular weight excluding hydrogens is 334 g/mol. The standard InChI is InChI=1S/C19H27N3O2S/c1-3-4-11-22-12-20-18-15(19(22)24)13(2)16(25-18)17(23)21-14-9-7-5-6-8-10-14/h12,14H,3-11H2,1-2H3,(H,21,23). The van der Waals surface area contributed by atoms with E-state index in [1.54, 1.807) is 10.9 Å². The molecule has 5 nitrogen and oxygen atoms in total. The summed E-state index contributed by atoms with van der Waals surface area (Å²) in [4.78, 5) is 31.2. The Balaban J connectivity index is 1.86. The van der Waals surface area contributed by atoms with Crippen molar-refractivity contribution in [1.29, 1.82) is 0 Å². The van der Waals surface area contributed by atoms with E-state index in [4.69, 9.17) is 0 Å². The van der Waals surface area contributed by atoms with Gasteiger partial charge in [-0.3, -0.25) is 14.2 Å². The topological polar surface area (TPSA) is 64.0 Å². The molecule has 0 spiro atoms. The highest BCUT2D eigenvalue weighted by molar-refractivity contribution is 7.20. The van der Waals surface area contributed by atoms with Gasteiger partial charge in [0.2, 0.25) is 0 Å². The van der Waals surface area contributed by atoms with Gasteiger partial charge in [-0.25, -0.2) is 4.98 Å². The number of nitrogens with one attached hydrogen (secondary N) is 1. The molecule has 0 aromatic carbocycles. The predicted molar refractivity (Wildman–Crippen MR) is 102 cm³/mol. The number of aryl methyl sites for hydroxylation is 2. The number of hydrogen-bond acceptors (Lipinski definition) is 4. The first-order valence-corrected chi connectivity index (χ1v) is 10.2. The number of rotatable bonds is 5. The van der Waals surface area contributed by atoms with Crippen molar-refractivity contribution in [1.82, 2.24) is 14.9 Å². The van der Waals surface area contributed by atoms with Gasteiger partial charge < -0.3 is 5.32 Å².